The molecule has 0 aliphatic rings. The number of hydrogen-bond donors (Lipinski definition) is 2. The van der Waals surface area contributed by atoms with Gasteiger partial charge < -0.3 is 16.0 Å². The van der Waals surface area contributed by atoms with Crippen LogP contribution in [-0.2, 0) is 16.0 Å². The normalized spacial score (nSPS) is 11.1. The van der Waals surface area contributed by atoms with Gasteiger partial charge in [0.1, 0.15) is 0 Å². The highest BCUT2D eigenvalue weighted by molar-refractivity contribution is 5.82. The lowest BCUT2D eigenvalue weighted by atomic mass is 9.96. The summed E-state index contributed by atoms with van der Waals surface area (Å²) in [6, 6.07) is 10.1. The second kappa shape index (κ2) is 9.30. The summed E-state index contributed by atoms with van der Waals surface area (Å²) in [6.45, 7) is 7.54. The Balaban J connectivity index is 2.43. The molecule has 23 heavy (non-hydrogen) atoms. The summed E-state index contributed by atoms with van der Waals surface area (Å²) >= 11 is 0. The molecule has 0 radical (unpaired) electrons. The zero-order valence-corrected chi connectivity index (χ0v) is 14.5. The van der Waals surface area contributed by atoms with Crippen molar-refractivity contribution in [1.82, 2.24) is 10.2 Å². The minimum Gasteiger partial charge on any atom is -0.355 e. The van der Waals surface area contributed by atoms with E-state index in [-0.39, 0.29) is 11.8 Å². The van der Waals surface area contributed by atoms with E-state index in [1.54, 1.807) is 4.90 Å². The van der Waals surface area contributed by atoms with Gasteiger partial charge in [0.15, 0.2) is 0 Å². The van der Waals surface area contributed by atoms with Gasteiger partial charge in [-0.15, -0.1) is 0 Å². The van der Waals surface area contributed by atoms with Crippen molar-refractivity contribution in [3.63, 3.8) is 0 Å². The lowest BCUT2D eigenvalue weighted by Gasteiger charge is -2.23. The molecule has 0 atom stereocenters. The van der Waals surface area contributed by atoms with E-state index in [4.69, 9.17) is 5.73 Å². The van der Waals surface area contributed by atoms with Crippen LogP contribution in [0.25, 0.3) is 0 Å². The number of carbonyl (C=O) groups excluding carboxylic acids is 2. The van der Waals surface area contributed by atoms with Crippen molar-refractivity contribution in [3.05, 3.63) is 35.9 Å². The number of nitrogens with one attached hydrogen (secondary N) is 1. The van der Waals surface area contributed by atoms with Gasteiger partial charge in [0, 0.05) is 38.0 Å². The summed E-state index contributed by atoms with van der Waals surface area (Å²) in [5.74, 6) is -0.0134. The van der Waals surface area contributed by atoms with Crippen LogP contribution in [-0.4, -0.2) is 42.9 Å². The zero-order chi connectivity index (χ0) is 17.3. The summed E-state index contributed by atoms with van der Waals surface area (Å²) in [5, 5.41) is 2.81. The van der Waals surface area contributed by atoms with Crippen molar-refractivity contribution in [2.75, 3.05) is 26.2 Å². The molecular formula is C18H29N3O2. The number of rotatable bonds is 8. The molecule has 3 N–H and O–H groups in total. The first kappa shape index (κ1) is 19.2. The van der Waals surface area contributed by atoms with Crippen LogP contribution in [0.3, 0.4) is 0 Å². The van der Waals surface area contributed by atoms with Gasteiger partial charge in [0.25, 0.3) is 0 Å². The number of benzene rings is 1. The first-order chi connectivity index (χ1) is 10.8. The third kappa shape index (κ3) is 7.28. The highest BCUT2D eigenvalue weighted by Gasteiger charge is 2.21. The molecule has 0 aliphatic heterocycles. The molecule has 1 aromatic carbocycles. The molecule has 0 heterocycles. The predicted molar refractivity (Wildman–Crippen MR) is 92.9 cm³/mol. The van der Waals surface area contributed by atoms with Crippen molar-refractivity contribution >= 4 is 11.8 Å². The lowest BCUT2D eigenvalue weighted by Crippen LogP contribution is -2.40. The van der Waals surface area contributed by atoms with E-state index in [0.29, 0.717) is 32.6 Å². The van der Waals surface area contributed by atoms with E-state index in [0.717, 1.165) is 6.42 Å². The average molecular weight is 319 g/mol. The molecule has 5 nitrogen and oxygen atoms in total. The van der Waals surface area contributed by atoms with Crippen molar-refractivity contribution in [1.29, 1.82) is 0 Å². The molecule has 0 aromatic heterocycles. The summed E-state index contributed by atoms with van der Waals surface area (Å²) in [5.41, 5.74) is 6.37. The fraction of sp³-hybridized carbons (Fsp3) is 0.556. The third-order valence-corrected chi connectivity index (χ3v) is 3.57. The van der Waals surface area contributed by atoms with Crippen LogP contribution in [0.1, 0.15) is 32.8 Å². The van der Waals surface area contributed by atoms with Crippen molar-refractivity contribution in [2.24, 2.45) is 11.1 Å². The molecule has 1 aromatic rings. The third-order valence-electron chi connectivity index (χ3n) is 3.57. The molecule has 1 rings (SSSR count). The smallest absolute Gasteiger partial charge is 0.225 e. The molecule has 0 bridgehead atoms. The average Bonchev–Trinajstić information content (AvgIpc) is 2.51. The number of amides is 2. The number of hydrogen-bond acceptors (Lipinski definition) is 3. The van der Waals surface area contributed by atoms with E-state index >= 15 is 0 Å². The molecule has 0 fully saturated rings. The van der Waals surface area contributed by atoms with E-state index in [2.05, 4.69) is 17.4 Å². The van der Waals surface area contributed by atoms with Crippen molar-refractivity contribution in [3.8, 4) is 0 Å². The molecular weight excluding hydrogens is 290 g/mol. The fourth-order valence-electron chi connectivity index (χ4n) is 2.13. The minimum atomic E-state index is -0.437. The Hall–Kier alpha value is -1.88. The van der Waals surface area contributed by atoms with Gasteiger partial charge in [-0.2, -0.15) is 0 Å². The van der Waals surface area contributed by atoms with E-state index in [1.165, 1.54) is 5.56 Å². The van der Waals surface area contributed by atoms with Crippen LogP contribution in [0.4, 0.5) is 0 Å². The highest BCUT2D eigenvalue weighted by atomic mass is 16.2. The first-order valence-electron chi connectivity index (χ1n) is 8.14. The van der Waals surface area contributed by atoms with Crippen LogP contribution in [0, 0.1) is 5.41 Å². The van der Waals surface area contributed by atoms with Gasteiger partial charge in [-0.1, -0.05) is 51.1 Å². The largest absolute Gasteiger partial charge is 0.355 e. The monoisotopic (exact) mass is 319 g/mol. The quantitative estimate of drug-likeness (QED) is 0.764. The van der Waals surface area contributed by atoms with Gasteiger partial charge in [0.2, 0.25) is 11.8 Å². The maximum Gasteiger partial charge on any atom is 0.225 e. The second-order valence-electron chi connectivity index (χ2n) is 6.66. The van der Waals surface area contributed by atoms with E-state index in [1.807, 2.05) is 39.0 Å². The molecule has 0 unspecified atom stereocenters. The Morgan fingerprint density at radius 3 is 2.35 bits per heavy atom. The van der Waals surface area contributed by atoms with Gasteiger partial charge >= 0.3 is 0 Å². The van der Waals surface area contributed by atoms with Gasteiger partial charge in [0.05, 0.1) is 0 Å². The van der Waals surface area contributed by atoms with Gasteiger partial charge in [-0.05, 0) is 12.0 Å². The highest BCUT2D eigenvalue weighted by Crippen LogP contribution is 2.12. The maximum absolute atomic E-state index is 12.3. The Bertz CT molecular complexity index is 495. The van der Waals surface area contributed by atoms with Crippen LogP contribution in [0.2, 0.25) is 0 Å². The first-order valence-corrected chi connectivity index (χ1v) is 8.14. The molecule has 128 valence electrons. The Labute approximate surface area is 139 Å². The molecule has 0 saturated heterocycles. The SMILES string of the molecule is CC(C)(C)C(=O)NCCC(=O)N(CCN)CCc1ccccc1. The van der Waals surface area contributed by atoms with Crippen molar-refractivity contribution < 1.29 is 9.59 Å². The van der Waals surface area contributed by atoms with Crippen molar-refractivity contribution in [2.45, 2.75) is 33.6 Å². The number of nitrogens with two attached hydrogens (primary N) is 1. The van der Waals surface area contributed by atoms with E-state index in [9.17, 15) is 9.59 Å². The number of carbonyl (C=O) groups is 2. The maximum atomic E-state index is 12.3. The molecule has 2 amide bonds. The van der Waals surface area contributed by atoms with Gasteiger partial charge in [-0.25, -0.2) is 0 Å². The van der Waals surface area contributed by atoms with Crippen LogP contribution in [0.15, 0.2) is 30.3 Å². The second-order valence-corrected chi connectivity index (χ2v) is 6.66. The van der Waals surface area contributed by atoms with Crippen LogP contribution < -0.4 is 11.1 Å². The Morgan fingerprint density at radius 2 is 1.78 bits per heavy atom. The molecule has 0 aliphatic carbocycles. The number of nitrogens with zero attached hydrogens (tertiary/aromatic N) is 1. The summed E-state index contributed by atoms with van der Waals surface area (Å²) in [7, 11) is 0. The standard InChI is InChI=1S/C18H29N3O2/c1-18(2,3)17(23)20-12-9-16(22)21(14-11-19)13-10-15-7-5-4-6-8-15/h4-8H,9-14,19H2,1-3H3,(H,20,23). The van der Waals surface area contributed by atoms with Gasteiger partial charge in [-0.3, -0.25) is 9.59 Å². The molecule has 5 heteroatoms. The Kier molecular flexibility index (Phi) is 7.75. The molecule has 0 saturated carbocycles. The predicted octanol–water partition coefficient (Wildman–Crippen LogP) is 1.57. The van der Waals surface area contributed by atoms with Crippen LogP contribution >= 0.6 is 0 Å². The zero-order valence-electron chi connectivity index (χ0n) is 14.5. The summed E-state index contributed by atoms with van der Waals surface area (Å²) in [4.78, 5) is 25.9. The lowest BCUT2D eigenvalue weighted by molar-refractivity contribution is -0.131. The Morgan fingerprint density at radius 1 is 1.13 bits per heavy atom. The molecule has 0 spiro atoms. The van der Waals surface area contributed by atoms with E-state index < -0.39 is 5.41 Å². The topological polar surface area (TPSA) is 75.4 Å². The fourth-order valence-corrected chi connectivity index (χ4v) is 2.13. The minimum absolute atomic E-state index is 0.0283. The summed E-state index contributed by atoms with van der Waals surface area (Å²) in [6.07, 6.45) is 1.11. The summed E-state index contributed by atoms with van der Waals surface area (Å²) < 4.78 is 0. The van der Waals surface area contributed by atoms with Crippen LogP contribution in [0.5, 0.6) is 0 Å².